The lowest BCUT2D eigenvalue weighted by atomic mass is 9.95. The van der Waals surface area contributed by atoms with Crippen LogP contribution in [0.4, 0.5) is 0 Å². The minimum atomic E-state index is -1.05. The molecule has 0 aliphatic heterocycles. The largest absolute Gasteiger partial charge is 0.507 e. The highest BCUT2D eigenvalue weighted by Crippen LogP contribution is 2.28. The minimum absolute atomic E-state index is 0.0431. The van der Waals surface area contributed by atoms with E-state index in [-0.39, 0.29) is 11.3 Å². The first-order valence-corrected chi connectivity index (χ1v) is 8.39. The fourth-order valence-electron chi connectivity index (χ4n) is 2.67. The highest BCUT2D eigenvalue weighted by atomic mass is 16.4. The van der Waals surface area contributed by atoms with Gasteiger partial charge >= 0.3 is 5.97 Å². The smallest absolute Gasteiger partial charge is 0.339 e. The zero-order valence-electron chi connectivity index (χ0n) is 14.4. The first-order valence-electron chi connectivity index (χ1n) is 8.39. The van der Waals surface area contributed by atoms with E-state index >= 15 is 0 Å². The van der Waals surface area contributed by atoms with E-state index in [4.69, 9.17) is 0 Å². The van der Waals surface area contributed by atoms with Crippen molar-refractivity contribution in [3.63, 3.8) is 0 Å². The quantitative estimate of drug-likeness (QED) is 0.671. The third kappa shape index (κ3) is 6.08. The van der Waals surface area contributed by atoms with E-state index in [2.05, 4.69) is 27.7 Å². The van der Waals surface area contributed by atoms with Crippen molar-refractivity contribution in [3.8, 4) is 5.75 Å². The van der Waals surface area contributed by atoms with Crippen molar-refractivity contribution in [2.45, 2.75) is 66.2 Å². The lowest BCUT2D eigenvalue weighted by Crippen LogP contribution is -2.03. The molecule has 0 aliphatic carbocycles. The zero-order valence-corrected chi connectivity index (χ0v) is 14.4. The van der Waals surface area contributed by atoms with Crippen molar-refractivity contribution >= 4 is 5.97 Å². The molecule has 0 spiro atoms. The van der Waals surface area contributed by atoms with Crippen molar-refractivity contribution < 1.29 is 15.0 Å². The van der Waals surface area contributed by atoms with Gasteiger partial charge in [0, 0.05) is 0 Å². The van der Waals surface area contributed by atoms with Crippen LogP contribution in [0.5, 0.6) is 5.75 Å². The molecule has 124 valence electrons. The van der Waals surface area contributed by atoms with Crippen LogP contribution in [-0.4, -0.2) is 16.2 Å². The van der Waals surface area contributed by atoms with Crippen LogP contribution in [0.15, 0.2) is 12.1 Å². The number of aromatic hydroxyl groups is 1. The van der Waals surface area contributed by atoms with Gasteiger partial charge in [0.05, 0.1) is 0 Å². The molecule has 0 bridgehead atoms. The van der Waals surface area contributed by atoms with E-state index in [1.807, 2.05) is 6.07 Å². The Morgan fingerprint density at radius 2 is 1.55 bits per heavy atom. The summed E-state index contributed by atoms with van der Waals surface area (Å²) in [6.45, 7) is 8.73. The Labute approximate surface area is 134 Å². The highest BCUT2D eigenvalue weighted by molar-refractivity contribution is 5.91. The molecule has 3 heteroatoms. The summed E-state index contributed by atoms with van der Waals surface area (Å²) in [5, 5.41) is 19.5. The number of carbonyl (C=O) groups is 1. The number of aryl methyl sites for hydroxylation is 2. The Kier molecular flexibility index (Phi) is 7.43. The number of hydrogen-bond acceptors (Lipinski definition) is 2. The van der Waals surface area contributed by atoms with Crippen molar-refractivity contribution in [1.29, 1.82) is 0 Å². The predicted octanol–water partition coefficient (Wildman–Crippen LogP) is 5.05. The third-order valence-corrected chi connectivity index (χ3v) is 3.95. The molecular weight excluding hydrogens is 276 g/mol. The summed E-state index contributed by atoms with van der Waals surface area (Å²) in [4.78, 5) is 11.3. The summed E-state index contributed by atoms with van der Waals surface area (Å²) in [6, 6.07) is 3.62. The normalized spacial score (nSPS) is 11.4. The van der Waals surface area contributed by atoms with Crippen molar-refractivity contribution in [2.75, 3.05) is 0 Å². The van der Waals surface area contributed by atoms with E-state index in [1.54, 1.807) is 6.07 Å². The number of carboxylic acids is 1. The minimum Gasteiger partial charge on any atom is -0.507 e. The Bertz CT molecular complexity index is 490. The fraction of sp³-hybridized carbons (Fsp3) is 0.632. The Morgan fingerprint density at radius 1 is 1.00 bits per heavy atom. The van der Waals surface area contributed by atoms with Crippen LogP contribution < -0.4 is 0 Å². The number of hydrogen-bond donors (Lipinski definition) is 2. The Morgan fingerprint density at radius 3 is 2.05 bits per heavy atom. The highest BCUT2D eigenvalue weighted by Gasteiger charge is 2.15. The number of aromatic carboxylic acids is 1. The van der Waals surface area contributed by atoms with Gasteiger partial charge in [0.15, 0.2) is 0 Å². The summed E-state index contributed by atoms with van der Waals surface area (Å²) in [6.07, 6.45) is 5.84. The number of phenols is 1. The molecule has 0 atom stereocenters. The van der Waals surface area contributed by atoms with Crippen molar-refractivity contribution in [1.82, 2.24) is 0 Å². The second-order valence-electron chi connectivity index (χ2n) is 7.03. The van der Waals surface area contributed by atoms with Gasteiger partial charge in [-0.25, -0.2) is 4.79 Å². The van der Waals surface area contributed by atoms with Crippen LogP contribution in [0.3, 0.4) is 0 Å². The maximum absolute atomic E-state index is 11.3. The molecule has 2 N–H and O–H groups in total. The average Bonchev–Trinajstić information content (AvgIpc) is 2.40. The van der Waals surface area contributed by atoms with Gasteiger partial charge in [-0.2, -0.15) is 0 Å². The molecule has 1 aromatic rings. The van der Waals surface area contributed by atoms with E-state index in [9.17, 15) is 15.0 Å². The van der Waals surface area contributed by atoms with E-state index < -0.39 is 5.97 Å². The average molecular weight is 306 g/mol. The van der Waals surface area contributed by atoms with E-state index in [0.717, 1.165) is 49.7 Å². The van der Waals surface area contributed by atoms with Crippen LogP contribution in [0.2, 0.25) is 0 Å². The number of benzene rings is 1. The first kappa shape index (κ1) is 18.5. The molecule has 22 heavy (non-hydrogen) atoms. The van der Waals surface area contributed by atoms with Crippen LogP contribution in [0.25, 0.3) is 0 Å². The Balaban J connectivity index is 2.88. The van der Waals surface area contributed by atoms with Gasteiger partial charge in [0.2, 0.25) is 0 Å². The summed E-state index contributed by atoms with van der Waals surface area (Å²) in [7, 11) is 0. The molecule has 3 nitrogen and oxygen atoms in total. The summed E-state index contributed by atoms with van der Waals surface area (Å²) in [5.74, 6) is 0.175. The van der Waals surface area contributed by atoms with Gasteiger partial charge in [0.1, 0.15) is 11.3 Å². The van der Waals surface area contributed by atoms with Gasteiger partial charge in [-0.15, -0.1) is 0 Å². The summed E-state index contributed by atoms with van der Waals surface area (Å²) >= 11 is 0. The van der Waals surface area contributed by atoms with Crippen molar-refractivity contribution in [3.05, 3.63) is 28.8 Å². The van der Waals surface area contributed by atoms with Crippen LogP contribution in [0.1, 0.15) is 74.9 Å². The molecule has 1 rings (SSSR count). The lowest BCUT2D eigenvalue weighted by Gasteiger charge is -2.12. The van der Waals surface area contributed by atoms with Gasteiger partial charge in [-0.3, -0.25) is 0 Å². The molecular formula is C19H30O3. The topological polar surface area (TPSA) is 57.5 Å². The van der Waals surface area contributed by atoms with Gasteiger partial charge in [0.25, 0.3) is 0 Å². The molecule has 0 amide bonds. The second kappa shape index (κ2) is 8.82. The molecule has 0 radical (unpaired) electrons. The van der Waals surface area contributed by atoms with E-state index in [0.29, 0.717) is 11.8 Å². The maximum atomic E-state index is 11.3. The summed E-state index contributed by atoms with van der Waals surface area (Å²) < 4.78 is 0. The zero-order chi connectivity index (χ0) is 16.7. The third-order valence-electron chi connectivity index (χ3n) is 3.95. The van der Waals surface area contributed by atoms with Crippen LogP contribution in [0, 0.1) is 11.8 Å². The second-order valence-corrected chi connectivity index (χ2v) is 7.03. The Hall–Kier alpha value is -1.51. The van der Waals surface area contributed by atoms with Gasteiger partial charge in [-0.05, 0) is 54.7 Å². The SMILES string of the molecule is CC(C)CCCc1cc(CCCC(C)C)c(O)c(C(=O)O)c1. The first-order chi connectivity index (χ1) is 10.3. The molecule has 0 fully saturated rings. The lowest BCUT2D eigenvalue weighted by molar-refractivity contribution is 0.0693. The van der Waals surface area contributed by atoms with Gasteiger partial charge < -0.3 is 10.2 Å². The molecule has 0 heterocycles. The monoisotopic (exact) mass is 306 g/mol. The molecule has 0 saturated carbocycles. The molecule has 0 aliphatic rings. The number of carboxylic acid groups (broad SMARTS) is 1. The molecule has 0 aromatic heterocycles. The van der Waals surface area contributed by atoms with Crippen molar-refractivity contribution in [2.24, 2.45) is 11.8 Å². The number of rotatable bonds is 9. The molecule has 0 unspecified atom stereocenters. The molecule has 1 aromatic carbocycles. The predicted molar refractivity (Wildman–Crippen MR) is 90.6 cm³/mol. The van der Waals surface area contributed by atoms with E-state index in [1.165, 1.54) is 0 Å². The fourth-order valence-corrected chi connectivity index (χ4v) is 2.67. The van der Waals surface area contributed by atoms with Gasteiger partial charge in [-0.1, -0.05) is 46.6 Å². The summed E-state index contributed by atoms with van der Waals surface area (Å²) in [5.41, 5.74) is 1.84. The van der Waals surface area contributed by atoms with Crippen LogP contribution >= 0.6 is 0 Å². The maximum Gasteiger partial charge on any atom is 0.339 e. The standard InChI is InChI=1S/C19H30O3/c1-13(2)7-5-9-15-11-16(10-6-8-14(3)4)18(20)17(12-15)19(21)22/h11-14,20H,5-10H2,1-4H3,(H,21,22). The molecule has 0 saturated heterocycles. The van der Waals surface area contributed by atoms with Crippen LogP contribution in [-0.2, 0) is 12.8 Å².